The van der Waals surface area contributed by atoms with Crippen LogP contribution in [-0.2, 0) is 4.74 Å². The van der Waals surface area contributed by atoms with Gasteiger partial charge in [-0.05, 0) is 26.0 Å². The van der Waals surface area contributed by atoms with Gasteiger partial charge in [0, 0.05) is 27.2 Å². The molecule has 1 aromatic rings. The molecule has 0 spiro atoms. The number of benzene rings is 1. The van der Waals surface area contributed by atoms with Crippen molar-refractivity contribution in [2.24, 2.45) is 0 Å². The summed E-state index contributed by atoms with van der Waals surface area (Å²) in [6, 6.07) is 3.76. The van der Waals surface area contributed by atoms with Gasteiger partial charge in [-0.25, -0.2) is 0 Å². The van der Waals surface area contributed by atoms with Gasteiger partial charge in [0.1, 0.15) is 0 Å². The molecule has 0 aromatic heterocycles. The predicted octanol–water partition coefficient (Wildman–Crippen LogP) is 3.85. The van der Waals surface area contributed by atoms with Crippen LogP contribution in [0.5, 0.6) is 0 Å². The molecule has 116 valence electrons. The van der Waals surface area contributed by atoms with E-state index in [-0.39, 0.29) is 6.10 Å². The minimum Gasteiger partial charge on any atom is -0.397 e. The van der Waals surface area contributed by atoms with Gasteiger partial charge in [0.2, 0.25) is 0 Å². The maximum Gasteiger partial charge on any atom is 0.0718 e. The van der Waals surface area contributed by atoms with Gasteiger partial charge >= 0.3 is 0 Å². The van der Waals surface area contributed by atoms with Crippen LogP contribution in [0, 0.1) is 0 Å². The highest BCUT2D eigenvalue weighted by molar-refractivity contribution is 6.33. The van der Waals surface area contributed by atoms with Crippen LogP contribution in [0.3, 0.4) is 0 Å². The number of hydrogen-bond donors (Lipinski definition) is 2. The molecule has 0 radical (unpaired) electrons. The number of ether oxygens (including phenoxy) is 1. The summed E-state index contributed by atoms with van der Waals surface area (Å²) < 4.78 is 5.30. The Kier molecular flexibility index (Phi) is 9.17. The molecule has 20 heavy (non-hydrogen) atoms. The zero-order valence-corrected chi connectivity index (χ0v) is 14.2. The zero-order chi connectivity index (χ0) is 15.7. The lowest BCUT2D eigenvalue weighted by atomic mass is 10.2. The number of methoxy groups -OCH3 is 1. The Labute approximate surface area is 128 Å². The number of rotatable bonds is 6. The Morgan fingerprint density at radius 3 is 2.45 bits per heavy atom. The summed E-state index contributed by atoms with van der Waals surface area (Å²) in [4.78, 5) is 2.18. The van der Waals surface area contributed by atoms with Crippen molar-refractivity contribution >= 4 is 28.7 Å². The van der Waals surface area contributed by atoms with Crippen LogP contribution in [0.1, 0.15) is 27.7 Å². The Morgan fingerprint density at radius 2 is 2.00 bits per heavy atom. The molecule has 0 aliphatic rings. The van der Waals surface area contributed by atoms with Crippen molar-refractivity contribution in [3.8, 4) is 0 Å². The first kappa shape index (κ1) is 18.9. The van der Waals surface area contributed by atoms with Crippen LogP contribution < -0.4 is 16.0 Å². The van der Waals surface area contributed by atoms with E-state index in [0.29, 0.717) is 10.7 Å². The number of nitrogens with one attached hydrogen (secondary N) is 1. The molecule has 0 fully saturated rings. The van der Waals surface area contributed by atoms with Crippen LogP contribution in [0.15, 0.2) is 12.1 Å². The van der Waals surface area contributed by atoms with Gasteiger partial charge in [0.25, 0.3) is 0 Å². The van der Waals surface area contributed by atoms with Crippen molar-refractivity contribution in [2.75, 3.05) is 43.2 Å². The summed E-state index contributed by atoms with van der Waals surface area (Å²) >= 11 is 6.27. The molecule has 3 N–H and O–H groups in total. The first-order chi connectivity index (χ1) is 9.53. The molecule has 1 atom stereocenters. The maximum absolute atomic E-state index is 6.27. The molecule has 1 unspecified atom stereocenters. The lowest BCUT2D eigenvalue weighted by Gasteiger charge is -2.27. The van der Waals surface area contributed by atoms with Crippen LogP contribution in [-0.4, -0.2) is 33.4 Å². The zero-order valence-electron chi connectivity index (χ0n) is 13.5. The number of anilines is 3. The van der Waals surface area contributed by atoms with Crippen LogP contribution in [0.4, 0.5) is 17.1 Å². The van der Waals surface area contributed by atoms with Gasteiger partial charge in [-0.1, -0.05) is 25.4 Å². The average molecular weight is 302 g/mol. The fourth-order valence-corrected chi connectivity index (χ4v) is 2.11. The summed E-state index contributed by atoms with van der Waals surface area (Å²) in [6.07, 6.45) is 0.150. The third kappa shape index (κ3) is 5.10. The van der Waals surface area contributed by atoms with Crippen molar-refractivity contribution < 1.29 is 4.74 Å². The van der Waals surface area contributed by atoms with E-state index >= 15 is 0 Å². The number of nitrogen functional groups attached to an aromatic ring is 1. The summed E-state index contributed by atoms with van der Waals surface area (Å²) in [6.45, 7) is 9.78. The van der Waals surface area contributed by atoms with Gasteiger partial charge in [0.05, 0.1) is 28.2 Å². The normalized spacial score (nSPS) is 11.3. The van der Waals surface area contributed by atoms with E-state index < -0.39 is 0 Å². The van der Waals surface area contributed by atoms with Crippen molar-refractivity contribution in [2.45, 2.75) is 33.8 Å². The second-order valence-electron chi connectivity index (χ2n) is 4.23. The highest BCUT2D eigenvalue weighted by Gasteiger charge is 2.14. The van der Waals surface area contributed by atoms with Gasteiger partial charge < -0.3 is 20.7 Å². The minimum atomic E-state index is 0.150. The third-order valence-electron chi connectivity index (χ3n) is 2.99. The van der Waals surface area contributed by atoms with Gasteiger partial charge in [-0.15, -0.1) is 0 Å². The molecule has 0 aliphatic heterocycles. The number of hydrogen-bond acceptors (Lipinski definition) is 4. The molecule has 0 amide bonds. The summed E-state index contributed by atoms with van der Waals surface area (Å²) in [5.74, 6) is 0. The number of nitrogens with two attached hydrogens (primary N) is 1. The first-order valence-corrected chi connectivity index (χ1v) is 7.45. The number of likely N-dealkylation sites (N-methyl/N-ethyl adjacent to an activating group) is 1. The van der Waals surface area contributed by atoms with E-state index in [1.54, 1.807) is 13.2 Å². The topological polar surface area (TPSA) is 50.5 Å². The molecular formula is C15H28ClN3O. The van der Waals surface area contributed by atoms with E-state index in [4.69, 9.17) is 22.1 Å². The molecule has 0 saturated carbocycles. The quantitative estimate of drug-likeness (QED) is 0.784. The lowest BCUT2D eigenvalue weighted by molar-refractivity contribution is 0.123. The highest BCUT2D eigenvalue weighted by atomic mass is 35.5. The molecule has 5 heteroatoms. The molecule has 0 heterocycles. The second kappa shape index (κ2) is 9.72. The van der Waals surface area contributed by atoms with Crippen LogP contribution in [0.25, 0.3) is 0 Å². The number of nitrogens with zero attached hydrogens (tertiary/aromatic N) is 1. The maximum atomic E-state index is 6.27. The van der Waals surface area contributed by atoms with Gasteiger partial charge in [-0.3, -0.25) is 0 Å². The molecule has 4 nitrogen and oxygen atoms in total. The first-order valence-electron chi connectivity index (χ1n) is 7.08. The molecule has 0 saturated heterocycles. The smallest absolute Gasteiger partial charge is 0.0718 e. The predicted molar refractivity (Wildman–Crippen MR) is 91.1 cm³/mol. The Morgan fingerprint density at radius 1 is 1.40 bits per heavy atom. The van der Waals surface area contributed by atoms with Gasteiger partial charge in [-0.2, -0.15) is 0 Å². The van der Waals surface area contributed by atoms with E-state index in [1.165, 1.54) is 0 Å². The molecular weight excluding hydrogens is 274 g/mol. The van der Waals surface area contributed by atoms with Crippen molar-refractivity contribution in [1.29, 1.82) is 0 Å². The SMILES string of the molecule is CC.CCN(CC(C)OC)c1cc(NC)c(N)cc1Cl. The summed E-state index contributed by atoms with van der Waals surface area (Å²) in [5, 5.41) is 3.73. The third-order valence-corrected chi connectivity index (χ3v) is 3.29. The Balaban J connectivity index is 0.00000172. The van der Waals surface area contributed by atoms with Gasteiger partial charge in [0.15, 0.2) is 0 Å². The molecule has 1 rings (SSSR count). The Hall–Kier alpha value is -1.13. The van der Waals surface area contributed by atoms with E-state index in [2.05, 4.69) is 17.1 Å². The second-order valence-corrected chi connectivity index (χ2v) is 4.63. The molecule has 0 bridgehead atoms. The average Bonchev–Trinajstić information content (AvgIpc) is 2.47. The number of halogens is 1. The van der Waals surface area contributed by atoms with E-state index in [1.807, 2.05) is 33.9 Å². The molecule has 1 aromatic carbocycles. The fraction of sp³-hybridized carbons (Fsp3) is 0.600. The lowest BCUT2D eigenvalue weighted by Crippen LogP contribution is -2.32. The fourth-order valence-electron chi connectivity index (χ4n) is 1.82. The van der Waals surface area contributed by atoms with Crippen LogP contribution in [0.2, 0.25) is 5.02 Å². The van der Waals surface area contributed by atoms with E-state index in [0.717, 1.165) is 24.5 Å². The standard InChI is InChI=1S/C13H22ClN3O.C2H6/c1-5-17(8-9(2)18-4)13-7-12(16-3)11(15)6-10(13)14;1-2/h6-7,9,16H,5,8,15H2,1-4H3;1-2H3. The highest BCUT2D eigenvalue weighted by Crippen LogP contribution is 2.33. The van der Waals surface area contributed by atoms with Crippen molar-refractivity contribution in [3.63, 3.8) is 0 Å². The van der Waals surface area contributed by atoms with E-state index in [9.17, 15) is 0 Å². The summed E-state index contributed by atoms with van der Waals surface area (Å²) in [5.41, 5.74) is 8.40. The summed E-state index contributed by atoms with van der Waals surface area (Å²) in [7, 11) is 3.56. The van der Waals surface area contributed by atoms with Crippen molar-refractivity contribution in [3.05, 3.63) is 17.2 Å². The van der Waals surface area contributed by atoms with Crippen LogP contribution >= 0.6 is 11.6 Å². The monoisotopic (exact) mass is 301 g/mol. The largest absolute Gasteiger partial charge is 0.397 e. The Bertz CT molecular complexity index is 399. The minimum absolute atomic E-state index is 0.150. The van der Waals surface area contributed by atoms with Crippen molar-refractivity contribution in [1.82, 2.24) is 0 Å². The molecule has 0 aliphatic carbocycles.